The highest BCUT2D eigenvalue weighted by Crippen LogP contribution is 2.43. The number of aromatic nitrogens is 2. The summed E-state index contributed by atoms with van der Waals surface area (Å²) >= 11 is 0. The Kier molecular flexibility index (Phi) is 9.22. The first-order chi connectivity index (χ1) is 13.1. The first kappa shape index (κ1) is 22.3. The van der Waals surface area contributed by atoms with E-state index in [-0.39, 0.29) is 11.5 Å². The van der Waals surface area contributed by atoms with Crippen LogP contribution in [0.3, 0.4) is 0 Å². The van der Waals surface area contributed by atoms with Crippen molar-refractivity contribution >= 4 is 0 Å². The number of ether oxygens (including phenoxy) is 1. The van der Waals surface area contributed by atoms with E-state index in [2.05, 4.69) is 28.7 Å². The van der Waals surface area contributed by atoms with Gasteiger partial charge >= 0.3 is 0 Å². The van der Waals surface area contributed by atoms with E-state index in [9.17, 15) is 0 Å². The lowest BCUT2D eigenvalue weighted by Crippen LogP contribution is -2.55. The van der Waals surface area contributed by atoms with E-state index < -0.39 is 5.79 Å². The van der Waals surface area contributed by atoms with E-state index >= 15 is 0 Å². The fourth-order valence-corrected chi connectivity index (χ4v) is 3.86. The van der Waals surface area contributed by atoms with Gasteiger partial charge in [-0.1, -0.05) is 39.5 Å². The van der Waals surface area contributed by atoms with E-state index in [0.717, 1.165) is 45.3 Å². The van der Waals surface area contributed by atoms with E-state index in [0.29, 0.717) is 0 Å². The number of unbranched alkanes of at least 4 members (excludes halogenated alkanes) is 2. The zero-order chi connectivity index (χ0) is 19.6. The normalized spacial score (nSPS) is 25.0. The second-order valence-electron chi connectivity index (χ2n) is 8.04. The van der Waals surface area contributed by atoms with Gasteiger partial charge in [0.15, 0.2) is 0 Å². The minimum Gasteiger partial charge on any atom is -0.351 e. The number of methoxy groups -OCH3 is 1. The Morgan fingerprint density at radius 3 is 2.52 bits per heavy atom. The number of rotatable bonds is 13. The molecule has 1 saturated heterocycles. The fraction of sp³-hybridized carbons (Fsp3) is 0.857. The van der Waals surface area contributed by atoms with Crippen molar-refractivity contribution in [1.29, 1.82) is 0 Å². The van der Waals surface area contributed by atoms with Gasteiger partial charge in [-0.05, 0) is 39.2 Å². The van der Waals surface area contributed by atoms with Crippen LogP contribution in [-0.2, 0) is 21.1 Å². The molecule has 6 nitrogen and oxygen atoms in total. The van der Waals surface area contributed by atoms with Crippen molar-refractivity contribution in [2.24, 2.45) is 5.92 Å². The van der Waals surface area contributed by atoms with Crippen LogP contribution in [0.2, 0.25) is 0 Å². The first-order valence-electron chi connectivity index (χ1n) is 10.7. The van der Waals surface area contributed by atoms with Gasteiger partial charge in [0.05, 0.1) is 6.33 Å². The maximum Gasteiger partial charge on any atom is 0.202 e. The second kappa shape index (κ2) is 11.1. The van der Waals surface area contributed by atoms with Gasteiger partial charge in [-0.15, -0.1) is 0 Å². The van der Waals surface area contributed by atoms with Crippen molar-refractivity contribution < 1.29 is 14.5 Å². The molecule has 0 aliphatic carbocycles. The summed E-state index contributed by atoms with van der Waals surface area (Å²) in [6.07, 6.45) is 14.5. The predicted molar refractivity (Wildman–Crippen MR) is 107 cm³/mol. The molecule has 1 aliphatic heterocycles. The monoisotopic (exact) mass is 381 g/mol. The van der Waals surface area contributed by atoms with Crippen LogP contribution in [0, 0.1) is 5.92 Å². The molecule has 6 heteroatoms. The molecule has 0 amide bonds. The molecule has 2 rings (SSSR count). The molecular weight excluding hydrogens is 342 g/mol. The second-order valence-corrected chi connectivity index (χ2v) is 8.04. The summed E-state index contributed by atoms with van der Waals surface area (Å²) in [5.74, 6) is -0.433. The van der Waals surface area contributed by atoms with Crippen LogP contribution in [0.1, 0.15) is 72.1 Å². The van der Waals surface area contributed by atoms with Crippen LogP contribution in [0.5, 0.6) is 0 Å². The highest BCUT2D eigenvalue weighted by molar-refractivity contribution is 4.91. The number of nitrogens with one attached hydrogen (secondary N) is 1. The van der Waals surface area contributed by atoms with Crippen molar-refractivity contribution in [3.8, 4) is 0 Å². The van der Waals surface area contributed by atoms with E-state index in [1.165, 1.54) is 25.7 Å². The van der Waals surface area contributed by atoms with Crippen molar-refractivity contribution in [3.63, 3.8) is 0 Å². The van der Waals surface area contributed by atoms with Crippen LogP contribution in [0.4, 0.5) is 0 Å². The van der Waals surface area contributed by atoms with Gasteiger partial charge in [-0.25, -0.2) is 14.8 Å². The van der Waals surface area contributed by atoms with Crippen LogP contribution in [0.15, 0.2) is 18.7 Å². The van der Waals surface area contributed by atoms with Gasteiger partial charge in [0.25, 0.3) is 0 Å². The molecule has 1 aromatic heterocycles. The average molecular weight is 382 g/mol. The molecule has 0 spiro atoms. The zero-order valence-corrected chi connectivity index (χ0v) is 17.7. The lowest BCUT2D eigenvalue weighted by atomic mass is 9.79. The molecular formula is C21H39N3O3. The first-order valence-corrected chi connectivity index (χ1v) is 10.7. The molecule has 1 aromatic rings. The summed E-state index contributed by atoms with van der Waals surface area (Å²) in [7, 11) is 1.71. The van der Waals surface area contributed by atoms with E-state index in [1.807, 2.05) is 25.6 Å². The van der Waals surface area contributed by atoms with E-state index in [4.69, 9.17) is 14.5 Å². The number of hydrogen-bond donors (Lipinski definition) is 1. The maximum atomic E-state index is 6.02. The number of aryl methyl sites for hydroxylation is 1. The van der Waals surface area contributed by atoms with Crippen molar-refractivity contribution in [2.75, 3.05) is 20.2 Å². The van der Waals surface area contributed by atoms with Gasteiger partial charge in [0.2, 0.25) is 5.79 Å². The van der Waals surface area contributed by atoms with Crippen molar-refractivity contribution in [3.05, 3.63) is 18.7 Å². The third-order valence-corrected chi connectivity index (χ3v) is 5.84. The lowest BCUT2D eigenvalue weighted by Gasteiger charge is -2.48. The molecule has 1 N–H and O–H groups in total. The smallest absolute Gasteiger partial charge is 0.202 e. The van der Waals surface area contributed by atoms with Crippen LogP contribution in [0.25, 0.3) is 0 Å². The van der Waals surface area contributed by atoms with E-state index in [1.54, 1.807) is 7.11 Å². The third kappa shape index (κ3) is 6.56. The molecule has 0 radical (unpaired) electrons. The molecule has 0 aromatic carbocycles. The van der Waals surface area contributed by atoms with Gasteiger partial charge in [-0.2, -0.15) is 0 Å². The fourth-order valence-electron chi connectivity index (χ4n) is 3.86. The maximum absolute atomic E-state index is 6.02. The van der Waals surface area contributed by atoms with Crippen molar-refractivity contribution in [2.45, 2.75) is 90.1 Å². The van der Waals surface area contributed by atoms with Gasteiger partial charge < -0.3 is 14.6 Å². The molecule has 1 fully saturated rings. The summed E-state index contributed by atoms with van der Waals surface area (Å²) in [4.78, 5) is 16.0. The quantitative estimate of drug-likeness (QED) is 0.407. The van der Waals surface area contributed by atoms with Crippen LogP contribution < -0.4 is 5.32 Å². The average Bonchev–Trinajstić information content (AvgIpc) is 3.20. The molecule has 0 saturated carbocycles. The minimum atomic E-state index is -0.695. The Balaban J connectivity index is 1.89. The van der Waals surface area contributed by atoms with Gasteiger partial charge in [-0.3, -0.25) is 0 Å². The molecule has 27 heavy (non-hydrogen) atoms. The highest BCUT2D eigenvalue weighted by Gasteiger charge is 2.49. The Morgan fingerprint density at radius 1 is 1.19 bits per heavy atom. The zero-order valence-electron chi connectivity index (χ0n) is 17.7. The molecule has 2 atom stereocenters. The summed E-state index contributed by atoms with van der Waals surface area (Å²) in [5.41, 5.74) is -0.173. The van der Waals surface area contributed by atoms with Crippen LogP contribution >= 0.6 is 0 Å². The molecule has 0 bridgehead atoms. The molecule has 156 valence electrons. The SMILES string of the molecule is CCCCC1(CCCC)C[C@@H](CNCCCn2ccnc2)[C@](C)(OC)OO1. The number of nitrogens with zero attached hydrogens (tertiary/aromatic N) is 2. The van der Waals surface area contributed by atoms with Crippen LogP contribution in [-0.4, -0.2) is 41.1 Å². The topological polar surface area (TPSA) is 57.5 Å². The number of imidazole rings is 1. The van der Waals surface area contributed by atoms with Crippen molar-refractivity contribution in [1.82, 2.24) is 14.9 Å². The Hall–Kier alpha value is -0.950. The van der Waals surface area contributed by atoms with Gasteiger partial charge in [0, 0.05) is 38.5 Å². The van der Waals surface area contributed by atoms with Gasteiger partial charge in [0.1, 0.15) is 5.60 Å². The Bertz CT molecular complexity index is 501. The Labute approximate surface area is 164 Å². The standard InChI is InChI=1S/C21H39N3O3/c1-5-7-10-21(11-8-6-2)16-19(20(3,25-4)26-27-21)17-22-12-9-14-24-15-13-23-18-24/h13,15,18-19,22H,5-12,14,16-17H2,1-4H3/t19-,20+/m0/s1. The summed E-state index contributed by atoms with van der Waals surface area (Å²) in [6, 6.07) is 0. The molecule has 0 unspecified atom stereocenters. The summed E-state index contributed by atoms with van der Waals surface area (Å²) in [5, 5.41) is 3.61. The molecule has 2 heterocycles. The summed E-state index contributed by atoms with van der Waals surface area (Å²) in [6.45, 7) is 9.28. The minimum absolute atomic E-state index is 0.173. The lowest BCUT2D eigenvalue weighted by molar-refractivity contribution is -0.500. The third-order valence-electron chi connectivity index (χ3n) is 5.84. The summed E-state index contributed by atoms with van der Waals surface area (Å²) < 4.78 is 7.82. The highest BCUT2D eigenvalue weighted by atomic mass is 17.2. The Morgan fingerprint density at radius 2 is 1.93 bits per heavy atom. The largest absolute Gasteiger partial charge is 0.351 e. The predicted octanol–water partition coefficient (Wildman–Crippen LogP) is 4.31. The molecule has 1 aliphatic rings. The number of hydrogen-bond acceptors (Lipinski definition) is 5.